The molecule has 5 aliphatic rings. The van der Waals surface area contributed by atoms with Gasteiger partial charge in [-0.15, -0.1) is 0 Å². The van der Waals surface area contributed by atoms with Crippen molar-refractivity contribution in [3.05, 3.63) is 68.8 Å². The molecular formula is C46H61NO12. The summed E-state index contributed by atoms with van der Waals surface area (Å²) in [6.07, 6.45) is -1.95. The van der Waals surface area contributed by atoms with Crippen molar-refractivity contribution in [2.75, 3.05) is 28.3 Å². The van der Waals surface area contributed by atoms with Gasteiger partial charge in [-0.05, 0) is 95.3 Å². The van der Waals surface area contributed by atoms with Gasteiger partial charge in [-0.2, -0.15) is 0 Å². The minimum atomic E-state index is -0.682. The van der Waals surface area contributed by atoms with Crippen LogP contribution < -0.4 is 0 Å². The quantitative estimate of drug-likeness (QED) is 0.212. The monoisotopic (exact) mass is 819 g/mol. The third kappa shape index (κ3) is 7.98. The molecule has 3 saturated heterocycles. The van der Waals surface area contributed by atoms with Gasteiger partial charge in [0.15, 0.2) is 36.2 Å². The van der Waals surface area contributed by atoms with E-state index in [1.165, 1.54) is 7.11 Å². The number of benzene rings is 2. The SMILES string of the molecule is CC[C@]1(C)C[C@@H](O[C@@H]2CC(N(C)C)[C@@H](O[C@@H]3C[C@@H](OC)[C@@H](OC4CCC(=O)[C@@H](C)O4)[C@@H](C)O3)[C@@H](C)O2)c2c(cc3c(c2C)C(=O)c2c(C)cccc2C3=O)[C@@H]1C(=O)OC. The Balaban J connectivity index is 1.14. The van der Waals surface area contributed by atoms with Crippen molar-refractivity contribution >= 4 is 23.3 Å². The first-order chi connectivity index (χ1) is 28.0. The smallest absolute Gasteiger partial charge is 0.313 e. The first-order valence-corrected chi connectivity index (χ1v) is 21.1. The number of nitrogens with zero attached hydrogens (tertiary/aromatic N) is 1. The molecule has 0 bridgehead atoms. The number of aryl methyl sites for hydroxylation is 1. The minimum absolute atomic E-state index is 0.0704. The summed E-state index contributed by atoms with van der Waals surface area (Å²) in [5.41, 5.74) is 3.59. The zero-order valence-electron chi connectivity index (χ0n) is 36.3. The minimum Gasteiger partial charge on any atom is -0.469 e. The third-order valence-electron chi connectivity index (χ3n) is 13.7. The fraction of sp³-hybridized carbons (Fsp3) is 0.652. The van der Waals surface area contributed by atoms with Crippen LogP contribution in [0.2, 0.25) is 0 Å². The Labute approximate surface area is 347 Å². The lowest BCUT2D eigenvalue weighted by atomic mass is 9.60. The van der Waals surface area contributed by atoms with Crippen LogP contribution in [0, 0.1) is 19.3 Å². The zero-order chi connectivity index (χ0) is 42.7. The molecule has 0 N–H and O–H groups in total. The molecular weight excluding hydrogens is 759 g/mol. The van der Waals surface area contributed by atoms with Crippen molar-refractivity contribution in [3.8, 4) is 0 Å². The molecule has 2 aromatic carbocycles. The summed E-state index contributed by atoms with van der Waals surface area (Å²) >= 11 is 0. The van der Waals surface area contributed by atoms with Gasteiger partial charge in [-0.1, -0.05) is 32.0 Å². The highest BCUT2D eigenvalue weighted by Gasteiger charge is 2.52. The van der Waals surface area contributed by atoms with E-state index in [1.807, 2.05) is 54.8 Å². The Morgan fingerprint density at radius 3 is 2.19 bits per heavy atom. The van der Waals surface area contributed by atoms with E-state index >= 15 is 0 Å². The van der Waals surface area contributed by atoms with Crippen LogP contribution in [-0.2, 0) is 47.5 Å². The summed E-state index contributed by atoms with van der Waals surface area (Å²) in [7, 11) is 7.03. The number of hydrogen-bond acceptors (Lipinski definition) is 13. The van der Waals surface area contributed by atoms with E-state index in [2.05, 4.69) is 11.8 Å². The molecule has 0 spiro atoms. The summed E-state index contributed by atoms with van der Waals surface area (Å²) in [6.45, 7) is 13.4. The summed E-state index contributed by atoms with van der Waals surface area (Å²) in [6, 6.07) is 6.94. The van der Waals surface area contributed by atoms with Crippen LogP contribution in [0.15, 0.2) is 24.3 Å². The summed E-state index contributed by atoms with van der Waals surface area (Å²) in [4.78, 5) is 56.3. The van der Waals surface area contributed by atoms with Crippen molar-refractivity contribution in [3.63, 3.8) is 0 Å². The molecule has 13 atom stereocenters. The van der Waals surface area contributed by atoms with Crippen LogP contribution in [0.1, 0.15) is 139 Å². The number of ketones is 3. The van der Waals surface area contributed by atoms with Gasteiger partial charge in [0.2, 0.25) is 0 Å². The van der Waals surface area contributed by atoms with E-state index in [4.69, 9.17) is 37.9 Å². The Morgan fingerprint density at radius 2 is 1.54 bits per heavy atom. The average molecular weight is 820 g/mol. The number of methoxy groups -OCH3 is 2. The normalized spacial score (nSPS) is 35.9. The second-order valence-corrected chi connectivity index (χ2v) is 17.6. The van der Waals surface area contributed by atoms with Gasteiger partial charge in [0.05, 0.1) is 37.4 Å². The van der Waals surface area contributed by atoms with Crippen LogP contribution in [0.3, 0.4) is 0 Å². The fourth-order valence-electron chi connectivity index (χ4n) is 10.2. The van der Waals surface area contributed by atoms with E-state index in [9.17, 15) is 19.2 Å². The van der Waals surface area contributed by atoms with Gasteiger partial charge in [-0.25, -0.2) is 0 Å². The average Bonchev–Trinajstić information content (AvgIpc) is 3.19. The maximum absolute atomic E-state index is 14.3. The zero-order valence-corrected chi connectivity index (χ0v) is 36.3. The molecule has 59 heavy (non-hydrogen) atoms. The molecule has 13 heteroatoms. The van der Waals surface area contributed by atoms with Gasteiger partial charge >= 0.3 is 5.97 Å². The Kier molecular flexibility index (Phi) is 12.7. The number of carbonyl (C=O) groups excluding carboxylic acids is 4. The lowest BCUT2D eigenvalue weighted by molar-refractivity contribution is -0.326. The summed E-state index contributed by atoms with van der Waals surface area (Å²) in [5, 5.41) is 0. The number of ether oxygens (including phenoxy) is 8. The molecule has 3 heterocycles. The Morgan fingerprint density at radius 1 is 0.864 bits per heavy atom. The number of hydrogen-bond donors (Lipinski definition) is 0. The number of Topliss-reactive ketones (excluding diaryl/α,β-unsaturated/α-hetero) is 1. The number of fused-ring (bicyclic) bond motifs is 3. The molecule has 2 aliphatic carbocycles. The maximum Gasteiger partial charge on any atom is 0.313 e. The first kappa shape index (κ1) is 43.7. The Hall–Kier alpha value is -3.40. The van der Waals surface area contributed by atoms with Crippen molar-refractivity contribution in [1.82, 2.24) is 4.90 Å². The van der Waals surface area contributed by atoms with Crippen molar-refractivity contribution in [1.29, 1.82) is 0 Å². The maximum atomic E-state index is 14.3. The van der Waals surface area contributed by atoms with Crippen LogP contribution in [0.5, 0.6) is 0 Å². The molecule has 322 valence electrons. The van der Waals surface area contributed by atoms with Gasteiger partial charge in [0, 0.05) is 61.1 Å². The van der Waals surface area contributed by atoms with E-state index in [0.29, 0.717) is 71.9 Å². The van der Waals surface area contributed by atoms with E-state index in [1.54, 1.807) is 32.2 Å². The highest BCUT2D eigenvalue weighted by molar-refractivity contribution is 6.29. The summed E-state index contributed by atoms with van der Waals surface area (Å²) in [5.74, 6) is -1.45. The first-order valence-electron chi connectivity index (χ1n) is 21.1. The summed E-state index contributed by atoms with van der Waals surface area (Å²) < 4.78 is 50.4. The van der Waals surface area contributed by atoms with Crippen LogP contribution in [-0.4, -0.2) is 118 Å². The topological polar surface area (TPSA) is 145 Å². The Bertz CT molecular complexity index is 1960. The number of likely N-dealkylation sites (N-methyl/N-ethyl adjacent to an activating group) is 1. The van der Waals surface area contributed by atoms with Crippen LogP contribution in [0.4, 0.5) is 0 Å². The highest BCUT2D eigenvalue weighted by atomic mass is 16.7. The van der Waals surface area contributed by atoms with E-state index in [0.717, 1.165) is 11.1 Å². The van der Waals surface area contributed by atoms with Crippen LogP contribution in [0.25, 0.3) is 0 Å². The standard InChI is InChI=1S/C46H61NO12/c1-12-46(7)21-33(38-23(3)39-29(18-28(38)40(46)45(51)53-11)41(49)27-15-13-14-22(2)37(27)42(39)50)57-35-19-30(47(8)9)43(25(5)55-35)59-36-20-32(52-10)44(26(6)56-36)58-34-17-16-31(48)24(4)54-34/h13-15,18,24-26,30,32-36,40,43-44H,12,16-17,19-21H2,1-11H3/t24-,25-,26-,30?,32-,33-,34?,35-,36-,40-,43+,44+,46-/m1/s1. The highest BCUT2D eigenvalue weighted by Crippen LogP contribution is 2.56. The van der Waals surface area contributed by atoms with Gasteiger partial charge in [-0.3, -0.25) is 19.2 Å². The number of esters is 1. The molecule has 13 nitrogen and oxygen atoms in total. The molecule has 0 amide bonds. The van der Waals surface area contributed by atoms with Gasteiger partial charge in [0.1, 0.15) is 18.3 Å². The molecule has 7 rings (SSSR count). The molecule has 2 unspecified atom stereocenters. The second kappa shape index (κ2) is 17.2. The lowest BCUT2D eigenvalue weighted by Crippen LogP contribution is -2.58. The molecule has 0 saturated carbocycles. The molecule has 2 aromatic rings. The van der Waals surface area contributed by atoms with Crippen LogP contribution >= 0.6 is 0 Å². The lowest BCUT2D eigenvalue weighted by Gasteiger charge is -2.49. The van der Waals surface area contributed by atoms with Gasteiger partial charge < -0.3 is 42.8 Å². The predicted molar refractivity (Wildman–Crippen MR) is 215 cm³/mol. The van der Waals surface area contributed by atoms with Crippen molar-refractivity contribution < 1.29 is 57.1 Å². The van der Waals surface area contributed by atoms with E-state index in [-0.39, 0.29) is 35.6 Å². The molecule has 3 fully saturated rings. The number of rotatable bonds is 10. The van der Waals surface area contributed by atoms with Crippen molar-refractivity contribution in [2.24, 2.45) is 5.41 Å². The molecule has 0 aromatic heterocycles. The fourth-order valence-corrected chi connectivity index (χ4v) is 10.2. The third-order valence-corrected chi connectivity index (χ3v) is 13.7. The van der Waals surface area contributed by atoms with Gasteiger partial charge in [0.25, 0.3) is 0 Å². The molecule has 0 radical (unpaired) electrons. The van der Waals surface area contributed by atoms with E-state index < -0.39 is 66.7 Å². The molecule has 3 aliphatic heterocycles. The second-order valence-electron chi connectivity index (χ2n) is 17.6. The predicted octanol–water partition coefficient (Wildman–Crippen LogP) is 6.29. The number of carbonyl (C=O) groups is 4. The van der Waals surface area contributed by atoms with Crippen molar-refractivity contribution in [2.45, 2.75) is 161 Å². The largest absolute Gasteiger partial charge is 0.469 e.